The highest BCUT2D eigenvalue weighted by molar-refractivity contribution is 5.68. The average Bonchev–Trinajstić information content (AvgIpc) is 3.24. The largest absolute Gasteiger partial charge is 0.445 e. The van der Waals surface area contributed by atoms with Gasteiger partial charge in [-0.05, 0) is 55.2 Å². The first kappa shape index (κ1) is 18.8. The van der Waals surface area contributed by atoms with E-state index >= 15 is 0 Å². The Morgan fingerprint density at radius 2 is 1.87 bits per heavy atom. The Morgan fingerprint density at radius 1 is 1.07 bits per heavy atom. The summed E-state index contributed by atoms with van der Waals surface area (Å²) in [4.78, 5) is 14.4. The van der Waals surface area contributed by atoms with E-state index in [0.717, 1.165) is 29.8 Å². The maximum atomic E-state index is 12.6. The fourth-order valence-electron chi connectivity index (χ4n) is 4.45. The van der Waals surface area contributed by atoms with E-state index in [-0.39, 0.29) is 11.6 Å². The van der Waals surface area contributed by atoms with Gasteiger partial charge in [0.15, 0.2) is 0 Å². The minimum atomic E-state index is -0.246. The van der Waals surface area contributed by atoms with Crippen molar-refractivity contribution in [1.29, 1.82) is 0 Å². The number of nitrogens with one attached hydrogen (secondary N) is 2. The number of anilines is 1. The molecule has 3 aromatic rings. The Morgan fingerprint density at radius 3 is 2.67 bits per heavy atom. The van der Waals surface area contributed by atoms with Crippen LogP contribution in [0.4, 0.5) is 10.5 Å². The number of amides is 1. The Kier molecular flexibility index (Phi) is 4.71. The third-order valence-corrected chi connectivity index (χ3v) is 6.17. The summed E-state index contributed by atoms with van der Waals surface area (Å²) >= 11 is 0. The van der Waals surface area contributed by atoms with E-state index in [0.29, 0.717) is 19.7 Å². The molecular weight excluding hydrogens is 376 g/mol. The molecule has 0 saturated carbocycles. The van der Waals surface area contributed by atoms with Crippen LogP contribution >= 0.6 is 0 Å². The number of hydrogen-bond acceptors (Lipinski definition) is 4. The molecule has 2 aliphatic rings. The molecule has 2 N–H and O–H groups in total. The van der Waals surface area contributed by atoms with Crippen molar-refractivity contribution in [3.8, 4) is 5.69 Å². The lowest BCUT2D eigenvalue weighted by atomic mass is 9.85. The number of aromatic nitrogens is 1. The molecule has 1 aromatic heterocycles. The molecule has 1 amide bonds. The van der Waals surface area contributed by atoms with Crippen molar-refractivity contribution in [1.82, 2.24) is 14.9 Å². The summed E-state index contributed by atoms with van der Waals surface area (Å²) in [5, 5.41) is 0. The van der Waals surface area contributed by atoms with Gasteiger partial charge in [-0.15, -0.1) is 0 Å². The van der Waals surface area contributed by atoms with E-state index in [9.17, 15) is 4.79 Å². The number of benzene rings is 2. The predicted molar refractivity (Wildman–Crippen MR) is 116 cm³/mol. The zero-order valence-electron chi connectivity index (χ0n) is 17.1. The van der Waals surface area contributed by atoms with Gasteiger partial charge < -0.3 is 19.6 Å². The van der Waals surface area contributed by atoms with Crippen molar-refractivity contribution in [2.24, 2.45) is 0 Å². The number of piperidine rings is 1. The molecule has 6 heteroatoms. The molecule has 0 unspecified atom stereocenters. The number of hydrazine groups is 1. The second-order valence-corrected chi connectivity index (χ2v) is 8.14. The normalized spacial score (nSPS) is 16.9. The van der Waals surface area contributed by atoms with Gasteiger partial charge in [-0.25, -0.2) is 10.2 Å². The van der Waals surface area contributed by atoms with Crippen LogP contribution in [0, 0.1) is 6.92 Å². The number of rotatable bonds is 2. The molecule has 30 heavy (non-hydrogen) atoms. The van der Waals surface area contributed by atoms with Crippen LogP contribution in [-0.2, 0) is 16.9 Å². The number of nitrogens with zero attached hydrogens (tertiary/aromatic N) is 2. The standard InChI is InChI=1S/C24H26N4O2/c1-18-9-10-21-20(16-18)25-26-24(22-8-5-13-28(21)22)11-14-27(15-12-24)23(29)30-17-19-6-3-2-4-7-19/h2-10,13,16,25-26H,11-12,14-15,17H2,1H3. The van der Waals surface area contributed by atoms with Crippen LogP contribution in [0.15, 0.2) is 66.9 Å². The first-order chi connectivity index (χ1) is 14.6. The number of fused-ring (bicyclic) bond motifs is 4. The van der Waals surface area contributed by atoms with Gasteiger partial charge in [0, 0.05) is 25.0 Å². The van der Waals surface area contributed by atoms with Crippen LogP contribution in [0.5, 0.6) is 0 Å². The lowest BCUT2D eigenvalue weighted by Crippen LogP contribution is -2.54. The highest BCUT2D eigenvalue weighted by atomic mass is 16.6. The molecule has 3 heterocycles. The molecule has 2 aliphatic heterocycles. The quantitative estimate of drug-likeness (QED) is 0.669. The van der Waals surface area contributed by atoms with Crippen molar-refractivity contribution < 1.29 is 9.53 Å². The highest BCUT2D eigenvalue weighted by Gasteiger charge is 2.41. The lowest BCUT2D eigenvalue weighted by molar-refractivity contribution is 0.0723. The molecule has 2 aromatic carbocycles. The first-order valence-corrected chi connectivity index (χ1v) is 10.4. The molecular formula is C24H26N4O2. The second kappa shape index (κ2) is 7.54. The zero-order valence-corrected chi connectivity index (χ0v) is 17.1. The Labute approximate surface area is 176 Å². The smallest absolute Gasteiger partial charge is 0.410 e. The zero-order chi connectivity index (χ0) is 20.6. The maximum absolute atomic E-state index is 12.6. The van der Waals surface area contributed by atoms with Crippen LogP contribution in [0.2, 0.25) is 0 Å². The maximum Gasteiger partial charge on any atom is 0.410 e. The van der Waals surface area contributed by atoms with Gasteiger partial charge in [-0.1, -0.05) is 36.4 Å². The van der Waals surface area contributed by atoms with Crippen LogP contribution in [0.25, 0.3) is 5.69 Å². The molecule has 0 atom stereocenters. The van der Waals surface area contributed by atoms with Gasteiger partial charge >= 0.3 is 6.09 Å². The van der Waals surface area contributed by atoms with Crippen molar-refractivity contribution in [2.75, 3.05) is 18.5 Å². The summed E-state index contributed by atoms with van der Waals surface area (Å²) in [6, 6.07) is 20.5. The molecule has 6 nitrogen and oxygen atoms in total. The first-order valence-electron chi connectivity index (χ1n) is 10.4. The van der Waals surface area contributed by atoms with Crippen LogP contribution in [0.1, 0.15) is 29.7 Å². The van der Waals surface area contributed by atoms with Gasteiger partial charge in [0.05, 0.1) is 16.9 Å². The summed E-state index contributed by atoms with van der Waals surface area (Å²) in [6.45, 7) is 3.68. The predicted octanol–water partition coefficient (Wildman–Crippen LogP) is 4.34. The molecule has 5 rings (SSSR count). The van der Waals surface area contributed by atoms with E-state index < -0.39 is 0 Å². The summed E-state index contributed by atoms with van der Waals surface area (Å²) in [6.07, 6.45) is 3.47. The number of likely N-dealkylation sites (tertiary alicyclic amines) is 1. The van der Waals surface area contributed by atoms with E-state index in [1.807, 2.05) is 35.2 Å². The van der Waals surface area contributed by atoms with Crippen molar-refractivity contribution in [3.63, 3.8) is 0 Å². The molecule has 0 bridgehead atoms. The number of hydrogen-bond donors (Lipinski definition) is 2. The topological polar surface area (TPSA) is 58.5 Å². The number of ether oxygens (including phenoxy) is 1. The fraction of sp³-hybridized carbons (Fsp3) is 0.292. The van der Waals surface area contributed by atoms with Crippen LogP contribution in [0.3, 0.4) is 0 Å². The van der Waals surface area contributed by atoms with Gasteiger partial charge in [0.2, 0.25) is 0 Å². The number of carbonyl (C=O) groups excluding carboxylic acids is 1. The van der Waals surface area contributed by atoms with E-state index in [2.05, 4.69) is 58.9 Å². The third-order valence-electron chi connectivity index (χ3n) is 6.17. The fourth-order valence-corrected chi connectivity index (χ4v) is 4.45. The molecule has 1 saturated heterocycles. The Balaban J connectivity index is 1.30. The Hall–Kier alpha value is -3.25. The third kappa shape index (κ3) is 3.33. The summed E-state index contributed by atoms with van der Waals surface area (Å²) in [7, 11) is 0. The molecule has 0 aliphatic carbocycles. The lowest BCUT2D eigenvalue weighted by Gasteiger charge is -2.41. The van der Waals surface area contributed by atoms with E-state index in [4.69, 9.17) is 4.74 Å². The van der Waals surface area contributed by atoms with Gasteiger partial charge in [-0.3, -0.25) is 0 Å². The van der Waals surface area contributed by atoms with Crippen LogP contribution < -0.4 is 10.9 Å². The van der Waals surface area contributed by atoms with E-state index in [1.54, 1.807) is 0 Å². The molecule has 154 valence electrons. The van der Waals surface area contributed by atoms with Gasteiger partial charge in [-0.2, -0.15) is 0 Å². The minimum Gasteiger partial charge on any atom is -0.445 e. The molecule has 1 spiro atoms. The van der Waals surface area contributed by atoms with E-state index in [1.165, 1.54) is 11.3 Å². The number of aryl methyl sites for hydroxylation is 1. The SMILES string of the molecule is Cc1ccc2c(c1)NNC1(CCN(C(=O)OCc3ccccc3)CC1)c1cccn1-2. The summed E-state index contributed by atoms with van der Waals surface area (Å²) in [5.74, 6) is 0. The average molecular weight is 402 g/mol. The van der Waals surface area contributed by atoms with Gasteiger partial charge in [0.1, 0.15) is 6.61 Å². The monoisotopic (exact) mass is 402 g/mol. The highest BCUT2D eigenvalue weighted by Crippen LogP contribution is 2.38. The summed E-state index contributed by atoms with van der Waals surface area (Å²) in [5.41, 5.74) is 12.4. The van der Waals surface area contributed by atoms with Crippen molar-refractivity contribution in [2.45, 2.75) is 31.9 Å². The molecule has 1 fully saturated rings. The van der Waals surface area contributed by atoms with Crippen LogP contribution in [-0.4, -0.2) is 28.6 Å². The number of carbonyl (C=O) groups is 1. The van der Waals surface area contributed by atoms with Gasteiger partial charge in [0.25, 0.3) is 0 Å². The second-order valence-electron chi connectivity index (χ2n) is 8.14. The summed E-state index contributed by atoms with van der Waals surface area (Å²) < 4.78 is 7.79. The Bertz CT molecular complexity index is 1050. The minimum absolute atomic E-state index is 0.243. The van der Waals surface area contributed by atoms with Crippen molar-refractivity contribution in [3.05, 3.63) is 83.7 Å². The molecule has 0 radical (unpaired) electrons. The van der Waals surface area contributed by atoms with Crippen molar-refractivity contribution >= 4 is 11.8 Å².